The van der Waals surface area contributed by atoms with Crippen LogP contribution in [0.15, 0.2) is 24.3 Å². The second-order valence-electron chi connectivity index (χ2n) is 1.58. The maximum Gasteiger partial charge on any atom is 0.291 e. The van der Waals surface area contributed by atoms with Crippen LogP contribution in [0.4, 0.5) is 5.69 Å². The molecule has 45 valence electrons. The van der Waals surface area contributed by atoms with Crippen molar-refractivity contribution in [2.45, 2.75) is 0 Å². The van der Waals surface area contributed by atoms with E-state index in [2.05, 4.69) is 6.07 Å². The quantitative estimate of drug-likeness (QED) is 0.339. The Hall–Kier alpha value is -1.38. The molecule has 3 nitrogen and oxygen atoms in total. The van der Waals surface area contributed by atoms with Crippen molar-refractivity contribution >= 4 is 5.69 Å². The third kappa shape index (κ3) is 1.25. The Balaban J connectivity index is 2.98. The molecular weight excluding hydrogens is 116 g/mol. The summed E-state index contributed by atoms with van der Waals surface area (Å²) in [5, 5.41) is 0. The highest BCUT2D eigenvalue weighted by molar-refractivity contribution is 5.26. The summed E-state index contributed by atoms with van der Waals surface area (Å²) in [5.41, 5.74) is 0.439. The molecule has 0 unspecified atom stereocenters. The van der Waals surface area contributed by atoms with E-state index in [0.717, 1.165) is 0 Å². The van der Waals surface area contributed by atoms with E-state index in [1.807, 2.05) is 0 Å². The van der Waals surface area contributed by atoms with E-state index < -0.39 is 0 Å². The molecule has 0 aromatic heterocycles. The highest BCUT2D eigenvalue weighted by atomic mass is 16.3. The average Bonchev–Trinajstić information content (AvgIpc) is 1.90. The van der Waals surface area contributed by atoms with Gasteiger partial charge in [0.05, 0.1) is 4.91 Å². The lowest BCUT2D eigenvalue weighted by molar-refractivity contribution is -0.474. The van der Waals surface area contributed by atoms with E-state index in [1.165, 1.54) is 0 Å². The first-order valence-corrected chi connectivity index (χ1v) is 2.49. The molecule has 0 fully saturated rings. The van der Waals surface area contributed by atoms with Crippen molar-refractivity contribution in [3.05, 3.63) is 35.2 Å². The zero-order valence-electron chi connectivity index (χ0n) is 4.74. The van der Waals surface area contributed by atoms with Gasteiger partial charge in [0.25, 0.3) is 5.69 Å². The van der Waals surface area contributed by atoms with Gasteiger partial charge in [0, 0.05) is 12.1 Å². The van der Waals surface area contributed by atoms with Crippen LogP contribution in [0.2, 0.25) is 0 Å². The van der Waals surface area contributed by atoms with Crippen LogP contribution in [0.3, 0.4) is 0 Å². The molecule has 0 heterocycles. The lowest BCUT2D eigenvalue weighted by Gasteiger charge is -1.80. The van der Waals surface area contributed by atoms with Gasteiger partial charge in [-0.25, -0.2) is 0 Å². The monoisotopic (exact) mass is 122 g/mol. The van der Waals surface area contributed by atoms with E-state index in [1.54, 1.807) is 24.3 Å². The normalized spacial score (nSPS) is 8.89. The fraction of sp³-hybridized carbons (Fsp3) is 0. The Morgan fingerprint density at radius 3 is 2.33 bits per heavy atom. The van der Waals surface area contributed by atoms with Crippen molar-refractivity contribution in [2.24, 2.45) is 5.84 Å². The zero-order chi connectivity index (χ0) is 6.69. The van der Waals surface area contributed by atoms with Crippen molar-refractivity contribution in [3.63, 3.8) is 0 Å². The van der Waals surface area contributed by atoms with Gasteiger partial charge in [0.1, 0.15) is 0 Å². The highest BCUT2D eigenvalue weighted by Crippen LogP contribution is 2.04. The van der Waals surface area contributed by atoms with E-state index in [9.17, 15) is 4.91 Å². The number of hydrazine groups is 1. The molecule has 0 aliphatic rings. The Morgan fingerprint density at radius 2 is 2.00 bits per heavy atom. The molecule has 0 saturated carbocycles. The van der Waals surface area contributed by atoms with Crippen molar-refractivity contribution in [3.8, 4) is 0 Å². The number of hydrogen-bond donors (Lipinski definition) is 1. The Morgan fingerprint density at radius 1 is 1.44 bits per heavy atom. The van der Waals surface area contributed by atoms with Gasteiger partial charge >= 0.3 is 0 Å². The zero-order valence-corrected chi connectivity index (χ0v) is 4.74. The molecule has 0 saturated heterocycles. The summed E-state index contributed by atoms with van der Waals surface area (Å²) in [6.07, 6.45) is 0. The van der Waals surface area contributed by atoms with Gasteiger partial charge < -0.3 is 0 Å². The van der Waals surface area contributed by atoms with Gasteiger partial charge in [0.2, 0.25) is 0 Å². The Kier molecular flexibility index (Phi) is 1.44. The molecule has 0 bridgehead atoms. The third-order valence-corrected chi connectivity index (χ3v) is 0.955. The van der Waals surface area contributed by atoms with Crippen LogP contribution >= 0.6 is 0 Å². The lowest BCUT2D eigenvalue weighted by atomic mass is 10.3. The van der Waals surface area contributed by atoms with Crippen LogP contribution in [-0.4, -0.2) is 4.87 Å². The Labute approximate surface area is 52.6 Å². The number of nitrogens with zero attached hydrogens (tertiary/aromatic N) is 1. The molecule has 1 aromatic rings. The number of rotatable bonds is 1. The SMILES string of the molecule is N[N+](=O)c1cc[c]cc1. The minimum atomic E-state index is 0.313. The summed E-state index contributed by atoms with van der Waals surface area (Å²) in [7, 11) is 0. The summed E-state index contributed by atoms with van der Waals surface area (Å²) >= 11 is 0. The van der Waals surface area contributed by atoms with Crippen LogP contribution in [0, 0.1) is 11.0 Å². The molecule has 3 heteroatoms. The maximum atomic E-state index is 10.3. The van der Waals surface area contributed by atoms with Crippen LogP contribution in [0.1, 0.15) is 0 Å². The molecule has 0 atom stereocenters. The molecule has 0 amide bonds. The first-order valence-electron chi connectivity index (χ1n) is 2.49. The van der Waals surface area contributed by atoms with Gasteiger partial charge in [0.15, 0.2) is 4.87 Å². The number of nitrogens with two attached hydrogens (primary N) is 1. The molecule has 9 heavy (non-hydrogen) atoms. The van der Waals surface area contributed by atoms with E-state index in [0.29, 0.717) is 10.6 Å². The Bertz CT molecular complexity index is 208. The summed E-state index contributed by atoms with van der Waals surface area (Å²) < 4.78 is 0. The number of benzene rings is 1. The summed E-state index contributed by atoms with van der Waals surface area (Å²) in [4.78, 5) is 10.6. The highest BCUT2D eigenvalue weighted by Gasteiger charge is 2.03. The number of nitroso groups, excluding NO2 is 1. The number of hydrogen-bond acceptors (Lipinski definition) is 1. The second kappa shape index (κ2) is 2.26. The van der Waals surface area contributed by atoms with E-state index >= 15 is 0 Å². The molecule has 0 aliphatic heterocycles. The molecule has 1 aromatic carbocycles. The minimum absolute atomic E-state index is 0.313. The minimum Gasteiger partial charge on any atom is -0.159 e. The first-order chi connectivity index (χ1) is 4.30. The van der Waals surface area contributed by atoms with Crippen molar-refractivity contribution in [2.75, 3.05) is 0 Å². The maximum absolute atomic E-state index is 10.3. The standard InChI is InChI=1S/C6H6N2O/c7-8(9)6-4-2-1-3-5-6/h2-5H,(H2,7,9)/q+1. The molecule has 1 radical (unpaired) electrons. The fourth-order valence-electron chi connectivity index (χ4n) is 0.525. The topological polar surface area (TPSA) is 46.1 Å². The lowest BCUT2D eigenvalue weighted by Crippen LogP contribution is -2.08. The van der Waals surface area contributed by atoms with E-state index in [-0.39, 0.29) is 0 Å². The predicted molar refractivity (Wildman–Crippen MR) is 32.8 cm³/mol. The summed E-state index contributed by atoms with van der Waals surface area (Å²) in [6.45, 7) is 0. The molecule has 1 rings (SSSR count). The van der Waals surface area contributed by atoms with Gasteiger partial charge in [-0.3, -0.25) is 0 Å². The summed E-state index contributed by atoms with van der Waals surface area (Å²) in [6, 6.07) is 9.21. The molecule has 2 N–H and O–H groups in total. The van der Waals surface area contributed by atoms with Crippen molar-refractivity contribution in [1.82, 2.24) is 0 Å². The van der Waals surface area contributed by atoms with Gasteiger partial charge in [-0.1, -0.05) is 0 Å². The smallest absolute Gasteiger partial charge is 0.159 e. The van der Waals surface area contributed by atoms with Gasteiger partial charge in [-0.2, -0.15) is 5.84 Å². The molecule has 0 aliphatic carbocycles. The predicted octanol–water partition coefficient (Wildman–Crippen LogP) is 0.771. The third-order valence-electron chi connectivity index (χ3n) is 0.955. The first kappa shape index (κ1) is 5.75. The van der Waals surface area contributed by atoms with Crippen molar-refractivity contribution < 1.29 is 4.87 Å². The fourth-order valence-corrected chi connectivity index (χ4v) is 0.525. The van der Waals surface area contributed by atoms with Gasteiger partial charge in [-0.15, -0.1) is 0 Å². The van der Waals surface area contributed by atoms with Crippen LogP contribution in [-0.2, 0) is 0 Å². The van der Waals surface area contributed by atoms with Gasteiger partial charge in [-0.05, 0) is 18.2 Å². The largest absolute Gasteiger partial charge is 0.291 e. The van der Waals surface area contributed by atoms with Crippen LogP contribution in [0.25, 0.3) is 0 Å². The van der Waals surface area contributed by atoms with Crippen LogP contribution < -0.4 is 5.84 Å². The summed E-state index contributed by atoms with van der Waals surface area (Å²) in [5.74, 6) is 4.88. The molecule has 0 spiro atoms. The van der Waals surface area contributed by atoms with Crippen molar-refractivity contribution in [1.29, 1.82) is 0 Å². The molecular formula is C6H6N2O+. The van der Waals surface area contributed by atoms with E-state index in [4.69, 9.17) is 5.84 Å². The van der Waals surface area contributed by atoms with Crippen LogP contribution in [0.5, 0.6) is 0 Å². The average molecular weight is 122 g/mol. The second-order valence-corrected chi connectivity index (χ2v) is 1.58.